The van der Waals surface area contributed by atoms with Crippen molar-refractivity contribution in [1.82, 2.24) is 0 Å². The maximum atomic E-state index is 12.3. The molecule has 3 N–H and O–H groups in total. The van der Waals surface area contributed by atoms with Gasteiger partial charge in [0, 0.05) is 6.08 Å². The van der Waals surface area contributed by atoms with Gasteiger partial charge in [0.25, 0.3) is 5.91 Å². The number of fused-ring (bicyclic) bond motifs is 1. The molecule has 2 heterocycles. The number of thiophene rings is 1. The number of hydrogen-bond donors (Lipinski definition) is 2. The molecule has 2 aromatic rings. The molecule has 146 valence electrons. The molecule has 0 radical (unpaired) electrons. The first-order chi connectivity index (χ1) is 13.4. The lowest BCUT2D eigenvalue weighted by molar-refractivity contribution is -0.111. The first kappa shape index (κ1) is 19.4. The molecule has 3 rings (SSSR count). The Morgan fingerprint density at radius 1 is 1.29 bits per heavy atom. The summed E-state index contributed by atoms with van der Waals surface area (Å²) >= 11 is 0.951. The van der Waals surface area contributed by atoms with Gasteiger partial charge < -0.3 is 25.3 Å². The fraction of sp³-hybridized carbons (Fsp3) is 0.211. The SMILES string of the molecule is CCOC(=O)c1sc(NC(=O)/C=C/c2ccc3c(c2)OCO3)c(C(N)=O)c1C. The molecule has 0 fully saturated rings. The van der Waals surface area contributed by atoms with E-state index in [-0.39, 0.29) is 28.8 Å². The van der Waals surface area contributed by atoms with E-state index in [1.807, 2.05) is 0 Å². The summed E-state index contributed by atoms with van der Waals surface area (Å²) in [6.45, 7) is 3.63. The molecule has 0 aliphatic carbocycles. The van der Waals surface area contributed by atoms with Crippen molar-refractivity contribution in [3.05, 3.63) is 45.8 Å². The maximum absolute atomic E-state index is 12.3. The monoisotopic (exact) mass is 402 g/mol. The zero-order chi connectivity index (χ0) is 20.3. The quantitative estimate of drug-likeness (QED) is 0.567. The van der Waals surface area contributed by atoms with Crippen LogP contribution in [-0.4, -0.2) is 31.2 Å². The Bertz CT molecular complexity index is 979. The van der Waals surface area contributed by atoms with Gasteiger partial charge in [0.2, 0.25) is 12.7 Å². The molecule has 0 unspecified atom stereocenters. The van der Waals surface area contributed by atoms with Gasteiger partial charge in [-0.05, 0) is 43.2 Å². The third kappa shape index (κ3) is 3.99. The summed E-state index contributed by atoms with van der Waals surface area (Å²) in [4.78, 5) is 36.3. The molecule has 28 heavy (non-hydrogen) atoms. The van der Waals surface area contributed by atoms with E-state index >= 15 is 0 Å². The van der Waals surface area contributed by atoms with Crippen molar-refractivity contribution in [3.63, 3.8) is 0 Å². The van der Waals surface area contributed by atoms with Crippen LogP contribution < -0.4 is 20.5 Å². The Hall–Kier alpha value is -3.33. The minimum Gasteiger partial charge on any atom is -0.462 e. The minimum atomic E-state index is -0.737. The largest absolute Gasteiger partial charge is 0.462 e. The molecule has 1 aromatic heterocycles. The predicted molar refractivity (Wildman–Crippen MR) is 104 cm³/mol. The maximum Gasteiger partial charge on any atom is 0.348 e. The molecule has 0 saturated carbocycles. The molecule has 0 bridgehead atoms. The summed E-state index contributed by atoms with van der Waals surface area (Å²) in [6, 6.07) is 5.27. The normalized spacial score (nSPS) is 12.2. The molecule has 0 saturated heterocycles. The summed E-state index contributed by atoms with van der Waals surface area (Å²) in [5, 5.41) is 2.80. The van der Waals surface area contributed by atoms with Crippen LogP contribution >= 0.6 is 11.3 Å². The van der Waals surface area contributed by atoms with E-state index in [2.05, 4.69) is 5.32 Å². The molecule has 0 atom stereocenters. The van der Waals surface area contributed by atoms with E-state index < -0.39 is 17.8 Å². The van der Waals surface area contributed by atoms with Crippen LogP contribution in [0, 0.1) is 6.92 Å². The molecular weight excluding hydrogens is 384 g/mol. The van der Waals surface area contributed by atoms with Crippen molar-refractivity contribution < 1.29 is 28.6 Å². The van der Waals surface area contributed by atoms with Gasteiger partial charge in [0.05, 0.1) is 12.2 Å². The topological polar surface area (TPSA) is 117 Å². The van der Waals surface area contributed by atoms with Gasteiger partial charge in [-0.1, -0.05) is 6.07 Å². The molecule has 1 aliphatic heterocycles. The first-order valence-electron chi connectivity index (χ1n) is 8.39. The number of nitrogens with one attached hydrogen (secondary N) is 1. The van der Waals surface area contributed by atoms with E-state index in [9.17, 15) is 14.4 Å². The Morgan fingerprint density at radius 2 is 2.04 bits per heavy atom. The second-order valence-electron chi connectivity index (χ2n) is 5.78. The van der Waals surface area contributed by atoms with Crippen LogP contribution in [0.1, 0.15) is 38.1 Å². The van der Waals surface area contributed by atoms with Gasteiger partial charge in [-0.15, -0.1) is 11.3 Å². The molecular formula is C19H18N2O6S. The Kier molecular flexibility index (Phi) is 5.65. The average molecular weight is 402 g/mol. The van der Waals surface area contributed by atoms with Gasteiger partial charge in [0.15, 0.2) is 11.5 Å². The lowest BCUT2D eigenvalue weighted by Gasteiger charge is -2.02. The number of rotatable bonds is 6. The number of benzene rings is 1. The van der Waals surface area contributed by atoms with Crippen LogP contribution in [0.15, 0.2) is 24.3 Å². The van der Waals surface area contributed by atoms with Crippen molar-refractivity contribution in [1.29, 1.82) is 0 Å². The summed E-state index contributed by atoms with van der Waals surface area (Å²) in [5.41, 5.74) is 6.63. The molecule has 9 heteroatoms. The number of carbonyl (C=O) groups excluding carboxylic acids is 3. The lowest BCUT2D eigenvalue weighted by Crippen LogP contribution is -2.16. The summed E-state index contributed by atoms with van der Waals surface area (Å²) in [7, 11) is 0. The van der Waals surface area contributed by atoms with Gasteiger partial charge in [-0.25, -0.2) is 4.79 Å². The fourth-order valence-corrected chi connectivity index (χ4v) is 3.74. The summed E-state index contributed by atoms with van der Waals surface area (Å²) < 4.78 is 15.5. The van der Waals surface area contributed by atoms with E-state index in [4.69, 9.17) is 19.9 Å². The number of carbonyl (C=O) groups is 3. The molecule has 0 spiro atoms. The van der Waals surface area contributed by atoms with Crippen LogP contribution in [0.5, 0.6) is 11.5 Å². The Labute approximate surface area is 164 Å². The second kappa shape index (κ2) is 8.13. The smallest absolute Gasteiger partial charge is 0.348 e. The highest BCUT2D eigenvalue weighted by Crippen LogP contribution is 2.34. The molecule has 1 aromatic carbocycles. The number of anilines is 1. The van der Waals surface area contributed by atoms with Crippen molar-refractivity contribution in [2.45, 2.75) is 13.8 Å². The number of nitrogens with two attached hydrogens (primary N) is 1. The third-order valence-corrected chi connectivity index (χ3v) is 5.10. The minimum absolute atomic E-state index is 0.0953. The Morgan fingerprint density at radius 3 is 2.75 bits per heavy atom. The highest BCUT2D eigenvalue weighted by molar-refractivity contribution is 7.18. The average Bonchev–Trinajstić information content (AvgIpc) is 3.23. The van der Waals surface area contributed by atoms with Crippen LogP contribution in [-0.2, 0) is 9.53 Å². The third-order valence-electron chi connectivity index (χ3n) is 3.91. The fourth-order valence-electron chi connectivity index (χ4n) is 2.63. The van der Waals surface area contributed by atoms with Crippen molar-refractivity contribution >= 4 is 40.2 Å². The lowest BCUT2D eigenvalue weighted by atomic mass is 10.1. The van der Waals surface area contributed by atoms with E-state index in [1.54, 1.807) is 38.1 Å². The molecule has 2 amide bonds. The van der Waals surface area contributed by atoms with Crippen LogP contribution in [0.3, 0.4) is 0 Å². The second-order valence-corrected chi connectivity index (χ2v) is 6.80. The zero-order valence-electron chi connectivity index (χ0n) is 15.2. The van der Waals surface area contributed by atoms with Crippen molar-refractivity contribution in [3.8, 4) is 11.5 Å². The molecule has 1 aliphatic rings. The highest BCUT2D eigenvalue weighted by atomic mass is 32.1. The van der Waals surface area contributed by atoms with Gasteiger partial charge in [-0.2, -0.15) is 0 Å². The summed E-state index contributed by atoms with van der Waals surface area (Å²) in [6.07, 6.45) is 2.90. The zero-order valence-corrected chi connectivity index (χ0v) is 16.1. The number of ether oxygens (including phenoxy) is 3. The van der Waals surface area contributed by atoms with Gasteiger partial charge >= 0.3 is 5.97 Å². The van der Waals surface area contributed by atoms with Gasteiger partial charge in [0.1, 0.15) is 9.88 Å². The highest BCUT2D eigenvalue weighted by Gasteiger charge is 2.24. The number of hydrogen-bond acceptors (Lipinski definition) is 7. The van der Waals surface area contributed by atoms with Crippen molar-refractivity contribution in [2.24, 2.45) is 5.73 Å². The Balaban J connectivity index is 1.78. The van der Waals surface area contributed by atoms with E-state index in [0.717, 1.165) is 16.9 Å². The van der Waals surface area contributed by atoms with E-state index in [0.29, 0.717) is 17.1 Å². The standard InChI is InChI=1S/C19H18N2O6S/c1-3-25-19(24)16-10(2)15(17(20)23)18(28-16)21-14(22)7-5-11-4-6-12-13(8-11)27-9-26-12/h4-8H,3,9H2,1-2H3,(H2,20,23)(H,21,22)/b7-5+. The number of esters is 1. The van der Waals surface area contributed by atoms with Gasteiger partial charge in [-0.3, -0.25) is 9.59 Å². The predicted octanol–water partition coefficient (Wildman–Crippen LogP) is 2.71. The van der Waals surface area contributed by atoms with E-state index in [1.165, 1.54) is 6.08 Å². The summed E-state index contributed by atoms with van der Waals surface area (Å²) in [5.74, 6) is -0.528. The van der Waals surface area contributed by atoms with Crippen LogP contribution in [0.4, 0.5) is 5.00 Å². The number of amides is 2. The number of primary amides is 1. The van der Waals surface area contributed by atoms with Crippen LogP contribution in [0.2, 0.25) is 0 Å². The van der Waals surface area contributed by atoms with Crippen LogP contribution in [0.25, 0.3) is 6.08 Å². The first-order valence-corrected chi connectivity index (χ1v) is 9.21. The van der Waals surface area contributed by atoms with Crippen molar-refractivity contribution in [2.75, 3.05) is 18.7 Å². The molecule has 8 nitrogen and oxygen atoms in total.